The van der Waals surface area contributed by atoms with E-state index in [0.717, 1.165) is 49.3 Å². The summed E-state index contributed by atoms with van der Waals surface area (Å²) in [5.41, 5.74) is 1.65. The molecule has 0 spiro atoms. The Bertz CT molecular complexity index is 813. The summed E-state index contributed by atoms with van der Waals surface area (Å²) in [6.07, 6.45) is 10.4. The molecular formula is C30H53N3O3. The molecule has 0 unspecified atom stereocenters. The molecule has 0 radical (unpaired) electrons. The zero-order chi connectivity index (χ0) is 26.3. The summed E-state index contributed by atoms with van der Waals surface area (Å²) in [7, 11) is 0. The predicted molar refractivity (Wildman–Crippen MR) is 146 cm³/mol. The summed E-state index contributed by atoms with van der Waals surface area (Å²) in [4.78, 5) is 20.2. The molecule has 0 aromatic rings. The molecule has 4 aliphatic rings. The molecule has 4 fully saturated rings. The maximum Gasteiger partial charge on any atom is 0.436 e. The highest BCUT2D eigenvalue weighted by molar-refractivity contribution is 5.85. The normalized spacial score (nSPS) is 40.6. The number of aliphatic hydroxyl groups excluding tert-OH is 1. The van der Waals surface area contributed by atoms with Gasteiger partial charge in [0.25, 0.3) is 0 Å². The number of fused-ring (bicyclic) bond motifs is 5. The molecule has 6 nitrogen and oxygen atoms in total. The first-order valence-electron chi connectivity index (χ1n) is 14.9. The van der Waals surface area contributed by atoms with Gasteiger partial charge in [-0.1, -0.05) is 32.9 Å². The molecule has 206 valence electrons. The van der Waals surface area contributed by atoms with Crippen LogP contribution in [0.25, 0.3) is 0 Å². The standard InChI is InChI=1S/C30H53N3O3/c1-19(2)31-16-17-33(20(3)4)28(35)36-32-21(5)25-10-11-26-24-9-8-22-18-23(34)12-14-29(22,6)27(24)13-15-30(25,26)7/h19-20,22-27,31,34H,8-18H2,1-7H3/b32-21+/t22-,23-,24-,25+,26-,27-,29-,30+/m0/s1. The van der Waals surface area contributed by atoms with E-state index in [1.165, 1.54) is 38.5 Å². The van der Waals surface area contributed by atoms with Gasteiger partial charge in [-0.2, -0.15) is 0 Å². The molecular weight excluding hydrogens is 450 g/mol. The van der Waals surface area contributed by atoms with Crippen molar-refractivity contribution in [3.05, 3.63) is 0 Å². The highest BCUT2D eigenvalue weighted by Crippen LogP contribution is 2.67. The van der Waals surface area contributed by atoms with Crippen LogP contribution >= 0.6 is 0 Å². The highest BCUT2D eigenvalue weighted by Gasteiger charge is 2.60. The van der Waals surface area contributed by atoms with Crippen LogP contribution in [0.3, 0.4) is 0 Å². The number of rotatable bonds is 7. The summed E-state index contributed by atoms with van der Waals surface area (Å²) in [5.74, 6) is 3.43. The van der Waals surface area contributed by atoms with Crippen molar-refractivity contribution in [2.75, 3.05) is 13.1 Å². The first kappa shape index (κ1) is 27.9. The molecule has 4 aliphatic carbocycles. The Balaban J connectivity index is 1.41. The van der Waals surface area contributed by atoms with Gasteiger partial charge in [-0.3, -0.25) is 4.84 Å². The fraction of sp³-hybridized carbons (Fsp3) is 0.933. The number of amides is 1. The number of aliphatic hydroxyl groups is 1. The van der Waals surface area contributed by atoms with Gasteiger partial charge in [0.15, 0.2) is 0 Å². The van der Waals surface area contributed by atoms with E-state index in [4.69, 9.17) is 4.84 Å². The van der Waals surface area contributed by atoms with E-state index in [1.54, 1.807) is 4.90 Å². The van der Waals surface area contributed by atoms with E-state index in [9.17, 15) is 9.90 Å². The number of oxime groups is 1. The van der Waals surface area contributed by atoms with Gasteiger partial charge in [0.2, 0.25) is 0 Å². The lowest BCUT2D eigenvalue weighted by molar-refractivity contribution is -0.123. The SMILES string of the molecule is C/C(=N\OC(=O)N(CCNC(C)C)C(C)C)[C@H]1CC[C@H]2[C@@H]3CC[C@H]4C[C@@H](O)CC[C@]4(C)[C@H]3CC[C@]12C. The van der Waals surface area contributed by atoms with Crippen LogP contribution in [-0.2, 0) is 4.84 Å². The molecule has 4 rings (SSSR count). The van der Waals surface area contributed by atoms with E-state index in [-0.39, 0.29) is 23.7 Å². The van der Waals surface area contributed by atoms with Crippen LogP contribution in [0, 0.1) is 40.4 Å². The molecule has 0 bridgehead atoms. The van der Waals surface area contributed by atoms with Crippen LogP contribution in [0.15, 0.2) is 5.16 Å². The van der Waals surface area contributed by atoms with Crippen molar-refractivity contribution in [1.29, 1.82) is 0 Å². The molecule has 8 atom stereocenters. The lowest BCUT2D eigenvalue weighted by Crippen LogP contribution is -2.54. The van der Waals surface area contributed by atoms with Crippen molar-refractivity contribution in [3.63, 3.8) is 0 Å². The molecule has 1 amide bonds. The summed E-state index contributed by atoms with van der Waals surface area (Å²) in [6.45, 7) is 16.8. The van der Waals surface area contributed by atoms with E-state index in [0.29, 0.717) is 29.8 Å². The largest absolute Gasteiger partial charge is 0.436 e. The number of hydrogen-bond donors (Lipinski definition) is 2. The molecule has 0 aromatic heterocycles. The van der Waals surface area contributed by atoms with Gasteiger partial charge >= 0.3 is 6.09 Å². The number of carbonyl (C=O) groups excluding carboxylic acids is 1. The van der Waals surface area contributed by atoms with Gasteiger partial charge in [0.1, 0.15) is 0 Å². The molecule has 0 aromatic carbocycles. The maximum absolute atomic E-state index is 12.9. The van der Waals surface area contributed by atoms with E-state index < -0.39 is 0 Å². The third-order valence-corrected chi connectivity index (χ3v) is 11.2. The Labute approximate surface area is 220 Å². The second-order valence-electron chi connectivity index (χ2n) is 13.7. The summed E-state index contributed by atoms with van der Waals surface area (Å²) in [5, 5.41) is 18.1. The molecule has 0 heterocycles. The molecule has 2 N–H and O–H groups in total. The van der Waals surface area contributed by atoms with Crippen LogP contribution < -0.4 is 5.32 Å². The van der Waals surface area contributed by atoms with Crippen molar-refractivity contribution in [3.8, 4) is 0 Å². The average Bonchev–Trinajstić information content (AvgIpc) is 3.17. The minimum absolute atomic E-state index is 0.0722. The summed E-state index contributed by atoms with van der Waals surface area (Å²) in [6, 6.07) is 0.465. The van der Waals surface area contributed by atoms with Crippen LogP contribution in [0.1, 0.15) is 106 Å². The number of nitrogens with one attached hydrogen (secondary N) is 1. The minimum atomic E-state index is -0.343. The Kier molecular flexibility index (Phi) is 8.46. The molecule has 0 saturated heterocycles. The average molecular weight is 504 g/mol. The Morgan fingerprint density at radius 1 is 1.03 bits per heavy atom. The number of hydrogen-bond acceptors (Lipinski definition) is 5. The Morgan fingerprint density at radius 2 is 1.72 bits per heavy atom. The van der Waals surface area contributed by atoms with Crippen molar-refractivity contribution >= 4 is 11.8 Å². The predicted octanol–water partition coefficient (Wildman–Crippen LogP) is 6.23. The lowest BCUT2D eigenvalue weighted by atomic mass is 9.44. The van der Waals surface area contributed by atoms with E-state index in [2.05, 4.69) is 45.1 Å². The van der Waals surface area contributed by atoms with Gasteiger partial charge in [0.05, 0.1) is 11.8 Å². The van der Waals surface area contributed by atoms with Gasteiger partial charge in [-0.15, -0.1) is 0 Å². The number of carbonyl (C=O) groups is 1. The van der Waals surface area contributed by atoms with Gasteiger partial charge in [0, 0.05) is 31.1 Å². The van der Waals surface area contributed by atoms with E-state index in [1.807, 2.05) is 13.8 Å². The molecule has 6 heteroatoms. The van der Waals surface area contributed by atoms with Crippen LogP contribution in [-0.4, -0.2) is 53.1 Å². The zero-order valence-electron chi connectivity index (χ0n) is 24.1. The Hall–Kier alpha value is -1.14. The van der Waals surface area contributed by atoms with Crippen molar-refractivity contribution in [2.24, 2.45) is 45.6 Å². The van der Waals surface area contributed by atoms with Crippen molar-refractivity contribution in [2.45, 2.75) is 124 Å². The third-order valence-electron chi connectivity index (χ3n) is 11.2. The molecule has 36 heavy (non-hydrogen) atoms. The summed E-state index contributed by atoms with van der Waals surface area (Å²) >= 11 is 0. The lowest BCUT2D eigenvalue weighted by Gasteiger charge is -2.61. The Morgan fingerprint density at radius 3 is 2.42 bits per heavy atom. The minimum Gasteiger partial charge on any atom is -0.393 e. The van der Waals surface area contributed by atoms with E-state index >= 15 is 0 Å². The fourth-order valence-corrected chi connectivity index (χ4v) is 9.18. The monoisotopic (exact) mass is 503 g/mol. The van der Waals surface area contributed by atoms with Crippen LogP contribution in [0.4, 0.5) is 4.79 Å². The third kappa shape index (κ3) is 5.23. The second-order valence-corrected chi connectivity index (χ2v) is 13.7. The van der Waals surface area contributed by atoms with Crippen molar-refractivity contribution in [1.82, 2.24) is 10.2 Å². The van der Waals surface area contributed by atoms with Gasteiger partial charge in [-0.05, 0) is 113 Å². The second kappa shape index (κ2) is 10.9. The molecule has 0 aliphatic heterocycles. The fourth-order valence-electron chi connectivity index (χ4n) is 9.18. The quantitative estimate of drug-likeness (QED) is 0.245. The van der Waals surface area contributed by atoms with Gasteiger partial charge in [-0.25, -0.2) is 4.79 Å². The number of nitrogens with zero attached hydrogens (tertiary/aromatic N) is 2. The highest BCUT2D eigenvalue weighted by atomic mass is 16.7. The maximum atomic E-state index is 12.9. The first-order valence-corrected chi connectivity index (χ1v) is 14.9. The smallest absolute Gasteiger partial charge is 0.393 e. The van der Waals surface area contributed by atoms with Gasteiger partial charge < -0.3 is 15.3 Å². The van der Waals surface area contributed by atoms with Crippen LogP contribution in [0.2, 0.25) is 0 Å². The summed E-state index contributed by atoms with van der Waals surface area (Å²) < 4.78 is 0. The van der Waals surface area contributed by atoms with Crippen molar-refractivity contribution < 1.29 is 14.7 Å². The topological polar surface area (TPSA) is 74.2 Å². The molecule has 4 saturated carbocycles. The first-order chi connectivity index (χ1) is 17.0. The van der Waals surface area contributed by atoms with Crippen LogP contribution in [0.5, 0.6) is 0 Å². The zero-order valence-corrected chi connectivity index (χ0v) is 24.1.